The molecule has 0 saturated carbocycles. The van der Waals surface area contributed by atoms with Gasteiger partial charge in [0.25, 0.3) is 5.91 Å². The van der Waals surface area contributed by atoms with Gasteiger partial charge >= 0.3 is 0 Å². The third-order valence-corrected chi connectivity index (χ3v) is 2.93. The van der Waals surface area contributed by atoms with Crippen molar-refractivity contribution in [3.05, 3.63) is 40.1 Å². The molecule has 0 unspecified atom stereocenters. The Hall–Kier alpha value is -1.62. The summed E-state index contributed by atoms with van der Waals surface area (Å²) in [7, 11) is 0. The van der Waals surface area contributed by atoms with E-state index in [2.05, 4.69) is 15.3 Å². The number of thiophene rings is 1. The number of aromatic nitrogens is 2. The second kappa shape index (κ2) is 4.27. The van der Waals surface area contributed by atoms with Gasteiger partial charge in [0.1, 0.15) is 5.82 Å². The van der Waals surface area contributed by atoms with Gasteiger partial charge in [0, 0.05) is 17.3 Å². The summed E-state index contributed by atoms with van der Waals surface area (Å²) in [5.74, 6) is 0.709. The first-order valence-electron chi connectivity index (χ1n) is 4.58. The van der Waals surface area contributed by atoms with Crippen molar-refractivity contribution in [2.45, 2.75) is 13.5 Å². The van der Waals surface area contributed by atoms with Gasteiger partial charge in [-0.2, -0.15) is 0 Å². The second-order valence-corrected chi connectivity index (χ2v) is 4.42. The molecule has 0 saturated heterocycles. The largest absolute Gasteiger partial charge is 0.347 e. The summed E-state index contributed by atoms with van der Waals surface area (Å²) in [5.41, 5.74) is 0. The average Bonchev–Trinajstić information content (AvgIpc) is 2.84. The number of carbonyl (C=O) groups is 1. The normalized spacial score (nSPS) is 10.2. The zero-order chi connectivity index (χ0) is 10.7. The first kappa shape index (κ1) is 9.92. The topological polar surface area (TPSA) is 57.8 Å². The number of rotatable bonds is 3. The Balaban J connectivity index is 1.93. The van der Waals surface area contributed by atoms with E-state index in [1.54, 1.807) is 12.4 Å². The van der Waals surface area contributed by atoms with Crippen LogP contribution in [-0.2, 0) is 6.54 Å². The second-order valence-electron chi connectivity index (χ2n) is 3.13. The summed E-state index contributed by atoms with van der Waals surface area (Å²) in [6.07, 6.45) is 3.40. The predicted molar refractivity (Wildman–Crippen MR) is 58.8 cm³/mol. The van der Waals surface area contributed by atoms with Gasteiger partial charge in [-0.3, -0.25) is 4.79 Å². The molecule has 78 valence electrons. The molecule has 2 aromatic rings. The first-order valence-corrected chi connectivity index (χ1v) is 5.40. The first-order chi connectivity index (χ1) is 7.25. The molecular formula is C10H11N3OS. The van der Waals surface area contributed by atoms with E-state index in [-0.39, 0.29) is 5.91 Å². The minimum Gasteiger partial charge on any atom is -0.347 e. The number of aryl methyl sites for hydroxylation is 1. The van der Waals surface area contributed by atoms with Gasteiger partial charge < -0.3 is 10.3 Å². The van der Waals surface area contributed by atoms with Crippen molar-refractivity contribution in [1.82, 2.24) is 15.3 Å². The lowest BCUT2D eigenvalue weighted by Crippen LogP contribution is -2.22. The van der Waals surface area contributed by atoms with Gasteiger partial charge in [0.2, 0.25) is 0 Å². The van der Waals surface area contributed by atoms with E-state index in [1.165, 1.54) is 11.3 Å². The van der Waals surface area contributed by atoms with Crippen LogP contribution in [0, 0.1) is 6.92 Å². The van der Waals surface area contributed by atoms with E-state index in [0.717, 1.165) is 15.6 Å². The summed E-state index contributed by atoms with van der Waals surface area (Å²) in [4.78, 5) is 20.4. The molecule has 0 aliphatic rings. The summed E-state index contributed by atoms with van der Waals surface area (Å²) in [6, 6.07) is 3.77. The quantitative estimate of drug-likeness (QED) is 0.829. The molecule has 15 heavy (non-hydrogen) atoms. The highest BCUT2D eigenvalue weighted by Crippen LogP contribution is 2.14. The molecule has 2 aromatic heterocycles. The average molecular weight is 221 g/mol. The molecule has 0 atom stereocenters. The fourth-order valence-electron chi connectivity index (χ4n) is 1.20. The number of imidazole rings is 1. The minimum atomic E-state index is -0.0514. The molecule has 0 radical (unpaired) electrons. The maximum atomic E-state index is 11.6. The molecule has 5 heteroatoms. The standard InChI is InChI=1S/C10H11N3OS/c1-7-2-3-8(15-7)10(14)13-6-9-11-4-5-12-9/h2-5H,6H2,1H3,(H,11,12)(H,13,14). The van der Waals surface area contributed by atoms with E-state index in [4.69, 9.17) is 0 Å². The number of nitrogens with one attached hydrogen (secondary N) is 2. The molecule has 2 rings (SSSR count). The highest BCUT2D eigenvalue weighted by atomic mass is 32.1. The van der Waals surface area contributed by atoms with Crippen LogP contribution in [0.2, 0.25) is 0 Å². The molecule has 0 fully saturated rings. The van der Waals surface area contributed by atoms with Gasteiger partial charge in [-0.25, -0.2) is 4.98 Å². The van der Waals surface area contributed by atoms with Crippen LogP contribution in [0.4, 0.5) is 0 Å². The van der Waals surface area contributed by atoms with E-state index in [0.29, 0.717) is 6.54 Å². The number of nitrogens with zero attached hydrogens (tertiary/aromatic N) is 1. The van der Waals surface area contributed by atoms with Gasteiger partial charge in [0.15, 0.2) is 0 Å². The van der Waals surface area contributed by atoms with Crippen LogP contribution in [0.1, 0.15) is 20.4 Å². The number of carbonyl (C=O) groups excluding carboxylic acids is 1. The van der Waals surface area contributed by atoms with Crippen molar-refractivity contribution in [3.63, 3.8) is 0 Å². The Bertz CT molecular complexity index is 447. The lowest BCUT2D eigenvalue weighted by atomic mass is 10.4. The number of H-pyrrole nitrogens is 1. The zero-order valence-electron chi connectivity index (χ0n) is 8.28. The van der Waals surface area contributed by atoms with E-state index >= 15 is 0 Å². The van der Waals surface area contributed by atoms with E-state index < -0.39 is 0 Å². The molecule has 2 N–H and O–H groups in total. The van der Waals surface area contributed by atoms with Crippen LogP contribution in [0.3, 0.4) is 0 Å². The molecule has 1 amide bonds. The van der Waals surface area contributed by atoms with Gasteiger partial charge in [0.05, 0.1) is 11.4 Å². The third-order valence-electron chi connectivity index (χ3n) is 1.94. The van der Waals surface area contributed by atoms with Gasteiger partial charge in [-0.15, -0.1) is 11.3 Å². The highest BCUT2D eigenvalue weighted by Gasteiger charge is 2.07. The SMILES string of the molecule is Cc1ccc(C(=O)NCc2ncc[nH]2)s1. The number of hydrogen-bond donors (Lipinski definition) is 2. The van der Waals surface area contributed by atoms with Crippen molar-refractivity contribution in [2.24, 2.45) is 0 Å². The fraction of sp³-hybridized carbons (Fsp3) is 0.200. The maximum absolute atomic E-state index is 11.6. The fourth-order valence-corrected chi connectivity index (χ4v) is 1.99. The maximum Gasteiger partial charge on any atom is 0.261 e. The van der Waals surface area contributed by atoms with Crippen LogP contribution >= 0.6 is 11.3 Å². The monoisotopic (exact) mass is 221 g/mol. The molecule has 0 bridgehead atoms. The molecule has 0 aliphatic heterocycles. The number of hydrogen-bond acceptors (Lipinski definition) is 3. The number of aromatic amines is 1. The lowest BCUT2D eigenvalue weighted by molar-refractivity contribution is 0.0954. The van der Waals surface area contributed by atoms with Gasteiger partial charge in [-0.05, 0) is 19.1 Å². The van der Waals surface area contributed by atoms with Crippen molar-refractivity contribution in [3.8, 4) is 0 Å². The van der Waals surface area contributed by atoms with E-state index in [1.807, 2.05) is 19.1 Å². The molecule has 2 heterocycles. The van der Waals surface area contributed by atoms with Crippen LogP contribution in [-0.4, -0.2) is 15.9 Å². The van der Waals surface area contributed by atoms with Crippen molar-refractivity contribution in [1.29, 1.82) is 0 Å². The summed E-state index contributed by atoms with van der Waals surface area (Å²) >= 11 is 1.49. The van der Waals surface area contributed by atoms with Crippen molar-refractivity contribution < 1.29 is 4.79 Å². The Kier molecular flexibility index (Phi) is 2.82. The molecule has 0 spiro atoms. The molecule has 4 nitrogen and oxygen atoms in total. The summed E-state index contributed by atoms with van der Waals surface area (Å²) in [6.45, 7) is 2.41. The number of amides is 1. The molecule has 0 aliphatic carbocycles. The highest BCUT2D eigenvalue weighted by molar-refractivity contribution is 7.13. The van der Waals surface area contributed by atoms with E-state index in [9.17, 15) is 4.79 Å². The molecular weight excluding hydrogens is 210 g/mol. The lowest BCUT2D eigenvalue weighted by Gasteiger charge is -1.99. The Morgan fingerprint density at radius 3 is 3.07 bits per heavy atom. The Morgan fingerprint density at radius 1 is 1.60 bits per heavy atom. The molecule has 0 aromatic carbocycles. The summed E-state index contributed by atoms with van der Waals surface area (Å²) in [5, 5.41) is 2.79. The third kappa shape index (κ3) is 2.44. The Labute approximate surface area is 91.4 Å². The van der Waals surface area contributed by atoms with Crippen molar-refractivity contribution >= 4 is 17.2 Å². The summed E-state index contributed by atoms with van der Waals surface area (Å²) < 4.78 is 0. The van der Waals surface area contributed by atoms with Gasteiger partial charge in [-0.1, -0.05) is 0 Å². The van der Waals surface area contributed by atoms with Crippen molar-refractivity contribution in [2.75, 3.05) is 0 Å². The Morgan fingerprint density at radius 2 is 2.47 bits per heavy atom. The van der Waals surface area contributed by atoms with Crippen LogP contribution in [0.5, 0.6) is 0 Å². The van der Waals surface area contributed by atoms with Crippen LogP contribution in [0.25, 0.3) is 0 Å². The van der Waals surface area contributed by atoms with Crippen LogP contribution in [0.15, 0.2) is 24.5 Å². The minimum absolute atomic E-state index is 0.0514. The zero-order valence-corrected chi connectivity index (χ0v) is 9.10. The van der Waals surface area contributed by atoms with Crippen LogP contribution < -0.4 is 5.32 Å². The predicted octanol–water partition coefficient (Wildman–Crippen LogP) is 1.71. The smallest absolute Gasteiger partial charge is 0.261 e.